The molecule has 2 aromatic carbocycles. The third kappa shape index (κ3) is 2.19. The first-order valence-electron chi connectivity index (χ1n) is 6.76. The van der Waals surface area contributed by atoms with Gasteiger partial charge in [-0.15, -0.1) is 0 Å². The number of benzene rings is 2. The van der Waals surface area contributed by atoms with Gasteiger partial charge in [0.2, 0.25) is 5.95 Å². The van der Waals surface area contributed by atoms with E-state index in [1.165, 1.54) is 0 Å². The lowest BCUT2D eigenvalue weighted by Gasteiger charge is -2.09. The van der Waals surface area contributed by atoms with E-state index in [4.69, 9.17) is 0 Å². The van der Waals surface area contributed by atoms with Crippen molar-refractivity contribution in [3.8, 4) is 0 Å². The van der Waals surface area contributed by atoms with E-state index in [0.717, 1.165) is 39.2 Å². The number of rotatable bonds is 2. The number of H-pyrrole nitrogens is 1. The number of hydrogen-bond donors (Lipinski definition) is 2. The minimum atomic E-state index is -0.0345. The van der Waals surface area contributed by atoms with Crippen LogP contribution < -0.4 is 10.9 Å². The van der Waals surface area contributed by atoms with Gasteiger partial charge in [0.1, 0.15) is 0 Å². The van der Waals surface area contributed by atoms with Crippen molar-refractivity contribution in [3.05, 3.63) is 64.1 Å². The maximum absolute atomic E-state index is 12.0. The average molecular weight is 295 g/mol. The molecule has 3 aromatic rings. The zero-order valence-corrected chi connectivity index (χ0v) is 12.0. The summed E-state index contributed by atoms with van der Waals surface area (Å²) in [5, 5.41) is 5.50. The molecule has 1 aliphatic rings. The summed E-state index contributed by atoms with van der Waals surface area (Å²) in [6.45, 7) is 0. The highest BCUT2D eigenvalue weighted by molar-refractivity contribution is 7.98. The zero-order valence-electron chi connectivity index (χ0n) is 11.2. The van der Waals surface area contributed by atoms with Crippen LogP contribution in [-0.4, -0.2) is 9.97 Å². The summed E-state index contributed by atoms with van der Waals surface area (Å²) in [6.07, 6.45) is 0. The highest BCUT2D eigenvalue weighted by Gasteiger charge is 2.17. The molecular formula is C16H13N3OS. The summed E-state index contributed by atoms with van der Waals surface area (Å²) in [5.41, 5.74) is 2.62. The second-order valence-corrected chi connectivity index (χ2v) is 5.97. The van der Waals surface area contributed by atoms with Crippen molar-refractivity contribution in [2.75, 3.05) is 5.32 Å². The summed E-state index contributed by atoms with van der Waals surface area (Å²) in [5.74, 6) is 2.08. The van der Waals surface area contributed by atoms with Crippen LogP contribution in [0.4, 0.5) is 11.6 Å². The maximum atomic E-state index is 12.0. The second kappa shape index (κ2) is 4.93. The van der Waals surface area contributed by atoms with Gasteiger partial charge < -0.3 is 5.32 Å². The number of aromatic nitrogens is 2. The molecule has 0 spiro atoms. The lowest BCUT2D eigenvalue weighted by atomic mass is 10.1. The Labute approximate surface area is 125 Å². The highest BCUT2D eigenvalue weighted by Crippen LogP contribution is 2.28. The molecule has 5 heteroatoms. The topological polar surface area (TPSA) is 57.8 Å². The van der Waals surface area contributed by atoms with Gasteiger partial charge in [0, 0.05) is 28.1 Å². The van der Waals surface area contributed by atoms with Crippen molar-refractivity contribution < 1.29 is 0 Å². The Bertz CT molecular complexity index is 883. The van der Waals surface area contributed by atoms with Gasteiger partial charge in [-0.05, 0) is 11.5 Å². The number of nitrogens with zero attached hydrogens (tertiary/aromatic N) is 1. The SMILES string of the molecule is O=c1[nH]c(Nc2cccc3ccccc23)nc2c1CSC2. The number of hydrogen-bond acceptors (Lipinski definition) is 4. The van der Waals surface area contributed by atoms with Crippen LogP contribution in [0.15, 0.2) is 47.3 Å². The smallest absolute Gasteiger partial charge is 0.256 e. The van der Waals surface area contributed by atoms with Crippen molar-refractivity contribution in [1.82, 2.24) is 9.97 Å². The molecular weight excluding hydrogens is 282 g/mol. The third-order valence-corrected chi connectivity index (χ3v) is 4.60. The maximum Gasteiger partial charge on any atom is 0.256 e. The summed E-state index contributed by atoms with van der Waals surface area (Å²) < 4.78 is 0. The molecule has 4 rings (SSSR count). The second-order valence-electron chi connectivity index (χ2n) is 4.98. The van der Waals surface area contributed by atoms with Gasteiger partial charge in [0.15, 0.2) is 0 Å². The molecule has 1 aliphatic heterocycles. The van der Waals surface area contributed by atoms with E-state index in [2.05, 4.69) is 33.5 Å². The Morgan fingerprint density at radius 2 is 1.95 bits per heavy atom. The van der Waals surface area contributed by atoms with Crippen molar-refractivity contribution >= 4 is 34.2 Å². The van der Waals surface area contributed by atoms with E-state index in [1.54, 1.807) is 11.8 Å². The van der Waals surface area contributed by atoms with Gasteiger partial charge in [0.05, 0.1) is 5.69 Å². The van der Waals surface area contributed by atoms with Gasteiger partial charge in [-0.3, -0.25) is 9.78 Å². The molecule has 2 N–H and O–H groups in total. The molecule has 0 saturated heterocycles. The summed E-state index contributed by atoms with van der Waals surface area (Å²) in [4.78, 5) is 19.4. The highest BCUT2D eigenvalue weighted by atomic mass is 32.2. The van der Waals surface area contributed by atoms with Crippen LogP contribution in [0, 0.1) is 0 Å². The van der Waals surface area contributed by atoms with Crippen LogP contribution in [0.1, 0.15) is 11.3 Å². The van der Waals surface area contributed by atoms with E-state index in [0.29, 0.717) is 5.95 Å². The van der Waals surface area contributed by atoms with Crippen molar-refractivity contribution in [2.24, 2.45) is 0 Å². The third-order valence-electron chi connectivity index (χ3n) is 3.63. The standard InChI is InChI=1S/C16H13N3OS/c20-15-12-8-21-9-14(12)18-16(19-15)17-13-7-3-5-10-4-1-2-6-11(10)13/h1-7H,8-9H2,(H2,17,18,19,20). The molecule has 4 nitrogen and oxygen atoms in total. The lowest BCUT2D eigenvalue weighted by Crippen LogP contribution is -2.16. The summed E-state index contributed by atoms with van der Waals surface area (Å²) in [6, 6.07) is 14.2. The Balaban J connectivity index is 1.79. The average Bonchev–Trinajstić information content (AvgIpc) is 2.97. The summed E-state index contributed by atoms with van der Waals surface area (Å²) >= 11 is 1.72. The molecule has 0 radical (unpaired) electrons. The predicted molar refractivity (Wildman–Crippen MR) is 87.1 cm³/mol. The molecule has 1 aromatic heterocycles. The van der Waals surface area contributed by atoms with Crippen LogP contribution in [0.3, 0.4) is 0 Å². The van der Waals surface area contributed by atoms with E-state index in [-0.39, 0.29) is 5.56 Å². The molecule has 0 amide bonds. The Morgan fingerprint density at radius 3 is 2.90 bits per heavy atom. The van der Waals surface area contributed by atoms with E-state index in [9.17, 15) is 4.79 Å². The molecule has 0 aliphatic carbocycles. The minimum Gasteiger partial charge on any atom is -0.325 e. The molecule has 0 fully saturated rings. The number of thioether (sulfide) groups is 1. The lowest BCUT2D eigenvalue weighted by molar-refractivity contribution is 1.03. The predicted octanol–water partition coefficient (Wildman–Crippen LogP) is 3.41. The van der Waals surface area contributed by atoms with E-state index < -0.39 is 0 Å². The van der Waals surface area contributed by atoms with E-state index in [1.807, 2.05) is 24.3 Å². The molecule has 2 heterocycles. The molecule has 104 valence electrons. The largest absolute Gasteiger partial charge is 0.325 e. The monoisotopic (exact) mass is 295 g/mol. The molecule has 0 saturated carbocycles. The fourth-order valence-electron chi connectivity index (χ4n) is 2.58. The van der Waals surface area contributed by atoms with Gasteiger partial charge in [-0.1, -0.05) is 36.4 Å². The molecule has 21 heavy (non-hydrogen) atoms. The number of fused-ring (bicyclic) bond motifs is 2. The van der Waals surface area contributed by atoms with Crippen molar-refractivity contribution in [3.63, 3.8) is 0 Å². The van der Waals surface area contributed by atoms with Crippen LogP contribution in [0.25, 0.3) is 10.8 Å². The van der Waals surface area contributed by atoms with Gasteiger partial charge in [-0.25, -0.2) is 4.98 Å². The molecule has 0 atom stereocenters. The normalized spacial score (nSPS) is 13.3. The molecule has 0 bridgehead atoms. The van der Waals surface area contributed by atoms with Crippen molar-refractivity contribution in [2.45, 2.75) is 11.5 Å². The number of aromatic amines is 1. The zero-order chi connectivity index (χ0) is 14.2. The van der Waals surface area contributed by atoms with Crippen molar-refractivity contribution in [1.29, 1.82) is 0 Å². The first-order valence-corrected chi connectivity index (χ1v) is 7.91. The Kier molecular flexibility index (Phi) is 2.93. The fourth-order valence-corrected chi connectivity index (χ4v) is 3.62. The van der Waals surface area contributed by atoms with Gasteiger partial charge in [0.25, 0.3) is 5.56 Å². The van der Waals surface area contributed by atoms with Gasteiger partial charge >= 0.3 is 0 Å². The van der Waals surface area contributed by atoms with Crippen LogP contribution in [-0.2, 0) is 11.5 Å². The Morgan fingerprint density at radius 1 is 1.10 bits per heavy atom. The van der Waals surface area contributed by atoms with Crippen LogP contribution in [0.2, 0.25) is 0 Å². The van der Waals surface area contributed by atoms with E-state index >= 15 is 0 Å². The van der Waals surface area contributed by atoms with Crippen LogP contribution in [0.5, 0.6) is 0 Å². The Hall–Kier alpha value is -2.27. The van der Waals surface area contributed by atoms with Crippen LogP contribution >= 0.6 is 11.8 Å². The minimum absolute atomic E-state index is 0.0345. The quantitative estimate of drug-likeness (QED) is 0.760. The fraction of sp³-hybridized carbons (Fsp3) is 0.125. The van der Waals surface area contributed by atoms with Gasteiger partial charge in [-0.2, -0.15) is 11.8 Å². The molecule has 0 unspecified atom stereocenters. The summed E-state index contributed by atoms with van der Waals surface area (Å²) in [7, 11) is 0. The number of anilines is 2. The number of nitrogens with one attached hydrogen (secondary N) is 2. The first-order chi connectivity index (χ1) is 10.3. The first kappa shape index (κ1) is 12.5.